The van der Waals surface area contributed by atoms with Crippen molar-refractivity contribution in [2.24, 2.45) is 0 Å². The number of para-hydroxylation sites is 2. The molecule has 0 aliphatic rings. The van der Waals surface area contributed by atoms with Gasteiger partial charge >= 0.3 is 5.97 Å². The fourth-order valence-electron chi connectivity index (χ4n) is 3.31. The molecule has 0 aliphatic carbocycles. The molecule has 0 aliphatic heterocycles. The Hall–Kier alpha value is -2.82. The number of hydrogen-bond acceptors (Lipinski definition) is 4. The topological polar surface area (TPSA) is 53.4 Å². The molecule has 0 bridgehead atoms. The molecule has 3 rings (SSSR count). The van der Waals surface area contributed by atoms with Gasteiger partial charge in [0.2, 0.25) is 0 Å². The maximum absolute atomic E-state index is 11.1. The predicted molar refractivity (Wildman–Crippen MR) is 111 cm³/mol. The molecule has 0 radical (unpaired) electrons. The summed E-state index contributed by atoms with van der Waals surface area (Å²) in [5, 5.41) is 0. The second kappa shape index (κ2) is 9.93. The van der Waals surface area contributed by atoms with Crippen molar-refractivity contribution in [3.8, 4) is 17.1 Å². The summed E-state index contributed by atoms with van der Waals surface area (Å²) in [4.78, 5) is 16.0. The highest BCUT2D eigenvalue weighted by Gasteiger charge is 2.12. The van der Waals surface area contributed by atoms with Crippen LogP contribution in [0.15, 0.2) is 48.5 Å². The molecule has 0 spiro atoms. The summed E-state index contributed by atoms with van der Waals surface area (Å²) >= 11 is 0. The van der Waals surface area contributed by atoms with Gasteiger partial charge in [-0.25, -0.2) is 4.98 Å². The zero-order valence-corrected chi connectivity index (χ0v) is 16.7. The third kappa shape index (κ3) is 4.91. The average molecular weight is 380 g/mol. The molecule has 0 atom stereocenters. The first-order valence-corrected chi connectivity index (χ1v) is 9.98. The van der Waals surface area contributed by atoms with Gasteiger partial charge in [0, 0.05) is 18.5 Å². The quantitative estimate of drug-likeness (QED) is 0.357. The van der Waals surface area contributed by atoms with Gasteiger partial charge in [-0.1, -0.05) is 31.2 Å². The van der Waals surface area contributed by atoms with Crippen LogP contribution in [0.2, 0.25) is 0 Å². The molecule has 5 heteroatoms. The maximum atomic E-state index is 11.1. The van der Waals surface area contributed by atoms with Gasteiger partial charge < -0.3 is 14.0 Å². The summed E-state index contributed by atoms with van der Waals surface area (Å²) in [5.41, 5.74) is 3.24. The molecule has 148 valence electrons. The van der Waals surface area contributed by atoms with E-state index in [0.717, 1.165) is 60.4 Å². The third-order valence-electron chi connectivity index (χ3n) is 4.72. The monoisotopic (exact) mass is 380 g/mol. The van der Waals surface area contributed by atoms with Crippen LogP contribution in [0.5, 0.6) is 5.75 Å². The maximum Gasteiger partial charge on any atom is 0.305 e. The van der Waals surface area contributed by atoms with E-state index in [4.69, 9.17) is 9.72 Å². The van der Waals surface area contributed by atoms with E-state index in [2.05, 4.69) is 46.6 Å². The molecule has 0 N–H and O–H groups in total. The minimum Gasteiger partial charge on any atom is -0.494 e. The molecule has 28 heavy (non-hydrogen) atoms. The molecule has 0 saturated carbocycles. The number of carbonyl (C=O) groups excluding carboxylic acids is 1. The Kier molecular flexibility index (Phi) is 7.06. The smallest absolute Gasteiger partial charge is 0.305 e. The van der Waals surface area contributed by atoms with E-state index in [-0.39, 0.29) is 5.97 Å². The molecule has 1 aromatic heterocycles. The lowest BCUT2D eigenvalue weighted by atomic mass is 10.2. The van der Waals surface area contributed by atoms with Crippen LogP contribution >= 0.6 is 0 Å². The van der Waals surface area contributed by atoms with E-state index in [1.165, 1.54) is 7.11 Å². The Balaban J connectivity index is 1.66. The third-order valence-corrected chi connectivity index (χ3v) is 4.72. The molecular formula is C23H28N2O3. The van der Waals surface area contributed by atoms with Crippen LogP contribution in [0, 0.1) is 0 Å². The highest BCUT2D eigenvalue weighted by atomic mass is 16.5. The lowest BCUT2D eigenvalue weighted by Gasteiger charge is -2.10. The molecule has 0 saturated heterocycles. The van der Waals surface area contributed by atoms with Crippen molar-refractivity contribution in [1.82, 2.24) is 9.55 Å². The number of aromatic nitrogens is 2. The number of rotatable bonds is 10. The number of imidazole rings is 1. The van der Waals surface area contributed by atoms with E-state index in [0.29, 0.717) is 13.0 Å². The minimum absolute atomic E-state index is 0.149. The fourth-order valence-corrected chi connectivity index (χ4v) is 3.31. The average Bonchev–Trinajstić information content (AvgIpc) is 3.09. The Morgan fingerprint density at radius 1 is 1.07 bits per heavy atom. The fraction of sp³-hybridized carbons (Fsp3) is 0.391. The summed E-state index contributed by atoms with van der Waals surface area (Å²) in [7, 11) is 1.42. The van der Waals surface area contributed by atoms with Crippen molar-refractivity contribution in [3.63, 3.8) is 0 Å². The molecular weight excluding hydrogens is 352 g/mol. The van der Waals surface area contributed by atoms with Crippen LogP contribution in [0.4, 0.5) is 0 Å². The Morgan fingerprint density at radius 3 is 2.75 bits per heavy atom. The summed E-state index contributed by atoms with van der Waals surface area (Å²) in [6.45, 7) is 3.75. The molecule has 5 nitrogen and oxygen atoms in total. The second-order valence-corrected chi connectivity index (χ2v) is 6.84. The summed E-state index contributed by atoms with van der Waals surface area (Å²) in [6, 6.07) is 16.4. The molecule has 2 aromatic carbocycles. The standard InChI is InChI=1S/C23H28N2O3/c1-3-15-25-21-13-7-6-12-20(21)24-23(25)18-10-9-11-19(17-18)28-16-8-4-5-14-22(26)27-2/h6-7,9-13,17H,3-5,8,14-16H2,1-2H3. The van der Waals surface area contributed by atoms with Crippen LogP contribution < -0.4 is 4.74 Å². The van der Waals surface area contributed by atoms with Gasteiger partial charge in [-0.3, -0.25) is 4.79 Å². The van der Waals surface area contributed by atoms with Crippen molar-refractivity contribution in [2.45, 2.75) is 45.6 Å². The van der Waals surface area contributed by atoms with Gasteiger partial charge in [0.25, 0.3) is 0 Å². The van der Waals surface area contributed by atoms with Crippen molar-refractivity contribution in [3.05, 3.63) is 48.5 Å². The second-order valence-electron chi connectivity index (χ2n) is 6.84. The number of nitrogens with zero attached hydrogens (tertiary/aromatic N) is 2. The first-order chi connectivity index (χ1) is 13.7. The first-order valence-electron chi connectivity index (χ1n) is 9.98. The highest BCUT2D eigenvalue weighted by molar-refractivity contribution is 5.80. The molecule has 0 unspecified atom stereocenters. The van der Waals surface area contributed by atoms with Crippen LogP contribution in [-0.4, -0.2) is 29.2 Å². The normalized spacial score (nSPS) is 10.9. The Bertz CT molecular complexity index is 917. The van der Waals surface area contributed by atoms with Crippen molar-refractivity contribution < 1.29 is 14.3 Å². The predicted octanol–water partition coefficient (Wildman–Crippen LogP) is 5.23. The van der Waals surface area contributed by atoms with Gasteiger partial charge in [0.05, 0.1) is 24.8 Å². The largest absolute Gasteiger partial charge is 0.494 e. The number of hydrogen-bond donors (Lipinski definition) is 0. The minimum atomic E-state index is -0.149. The van der Waals surface area contributed by atoms with Gasteiger partial charge in [0.1, 0.15) is 11.6 Å². The highest BCUT2D eigenvalue weighted by Crippen LogP contribution is 2.27. The van der Waals surface area contributed by atoms with E-state index in [9.17, 15) is 4.79 Å². The van der Waals surface area contributed by atoms with Gasteiger partial charge in [0.15, 0.2) is 0 Å². The number of fused-ring (bicyclic) bond motifs is 1. The first kappa shape index (κ1) is 19.9. The van der Waals surface area contributed by atoms with Crippen molar-refractivity contribution in [2.75, 3.05) is 13.7 Å². The van der Waals surface area contributed by atoms with E-state index in [1.807, 2.05) is 18.2 Å². The summed E-state index contributed by atoms with van der Waals surface area (Å²) in [6.07, 6.45) is 4.21. The number of benzene rings is 2. The molecule has 1 heterocycles. The van der Waals surface area contributed by atoms with Crippen molar-refractivity contribution in [1.29, 1.82) is 0 Å². The number of methoxy groups -OCH3 is 1. The SMILES string of the molecule is CCCn1c(-c2cccc(OCCCCCC(=O)OC)c2)nc2ccccc21. The van der Waals surface area contributed by atoms with Crippen LogP contribution in [0.1, 0.15) is 39.0 Å². The van der Waals surface area contributed by atoms with Crippen LogP contribution in [-0.2, 0) is 16.1 Å². The summed E-state index contributed by atoms with van der Waals surface area (Å²) < 4.78 is 12.9. The Labute approximate surface area is 166 Å². The van der Waals surface area contributed by atoms with Gasteiger partial charge in [-0.2, -0.15) is 0 Å². The van der Waals surface area contributed by atoms with Crippen molar-refractivity contribution >= 4 is 17.0 Å². The number of ether oxygens (including phenoxy) is 2. The van der Waals surface area contributed by atoms with Crippen LogP contribution in [0.3, 0.4) is 0 Å². The number of esters is 1. The molecule has 0 amide bonds. The number of carbonyl (C=O) groups is 1. The van der Waals surface area contributed by atoms with Gasteiger partial charge in [-0.05, 0) is 49.9 Å². The van der Waals surface area contributed by atoms with Gasteiger partial charge in [-0.15, -0.1) is 0 Å². The zero-order chi connectivity index (χ0) is 19.8. The van der Waals surface area contributed by atoms with E-state index >= 15 is 0 Å². The van der Waals surface area contributed by atoms with E-state index < -0.39 is 0 Å². The molecule has 3 aromatic rings. The van der Waals surface area contributed by atoms with E-state index in [1.54, 1.807) is 0 Å². The lowest BCUT2D eigenvalue weighted by molar-refractivity contribution is -0.140. The molecule has 0 fully saturated rings. The number of aryl methyl sites for hydroxylation is 1. The van der Waals surface area contributed by atoms with Crippen LogP contribution in [0.25, 0.3) is 22.4 Å². The lowest BCUT2D eigenvalue weighted by Crippen LogP contribution is -2.02. The summed E-state index contributed by atoms with van der Waals surface area (Å²) in [5.74, 6) is 1.68. The number of unbranched alkanes of at least 4 members (excludes halogenated alkanes) is 2. The zero-order valence-electron chi connectivity index (χ0n) is 16.7. The Morgan fingerprint density at radius 2 is 1.93 bits per heavy atom.